The summed E-state index contributed by atoms with van der Waals surface area (Å²) in [6, 6.07) is 14.6. The van der Waals surface area contributed by atoms with Crippen LogP contribution < -0.4 is 9.47 Å². The van der Waals surface area contributed by atoms with Gasteiger partial charge in [-0.2, -0.15) is 0 Å². The van der Waals surface area contributed by atoms with Crippen LogP contribution in [0.25, 0.3) is 0 Å². The highest BCUT2D eigenvalue weighted by molar-refractivity contribution is 5.94. The lowest BCUT2D eigenvalue weighted by Gasteiger charge is -2.38. The lowest BCUT2D eigenvalue weighted by Crippen LogP contribution is -2.55. The third-order valence-electron chi connectivity index (χ3n) is 5.87. The maximum Gasteiger partial charge on any atom is 0.260 e. The minimum Gasteiger partial charge on any atom is -0.493 e. The molecule has 1 aliphatic rings. The largest absolute Gasteiger partial charge is 0.493 e. The molecule has 0 bridgehead atoms. The normalized spacial score (nSPS) is 14.1. The second kappa shape index (κ2) is 9.85. The molecular formula is C25H30N2O5. The molecule has 0 aromatic heterocycles. The van der Waals surface area contributed by atoms with Crippen LogP contribution in [0.1, 0.15) is 36.7 Å². The van der Waals surface area contributed by atoms with Crippen LogP contribution in [0.5, 0.6) is 11.5 Å². The van der Waals surface area contributed by atoms with Crippen LogP contribution in [0.4, 0.5) is 0 Å². The predicted octanol–water partition coefficient (Wildman–Crippen LogP) is 2.93. The standard InChI is InChI=1S/C25H30N2O5/c1-18(28)19-10-11-21(22(16-19)31-4)32-17-23(29)26-12-14-27(15-13-26)24(30)25(2,3)20-8-6-5-7-9-20/h5-11,16H,12-15,17H2,1-4H3. The van der Waals surface area contributed by atoms with Crippen LogP contribution in [0.15, 0.2) is 48.5 Å². The molecule has 0 unspecified atom stereocenters. The number of nitrogens with zero attached hydrogens (tertiary/aromatic N) is 2. The van der Waals surface area contributed by atoms with Gasteiger partial charge in [0.25, 0.3) is 5.91 Å². The van der Waals surface area contributed by atoms with Crippen molar-refractivity contribution in [2.75, 3.05) is 39.9 Å². The van der Waals surface area contributed by atoms with Crippen molar-refractivity contribution in [3.8, 4) is 11.5 Å². The zero-order valence-electron chi connectivity index (χ0n) is 19.1. The number of methoxy groups -OCH3 is 1. The highest BCUT2D eigenvalue weighted by atomic mass is 16.5. The Morgan fingerprint density at radius 1 is 0.906 bits per heavy atom. The lowest BCUT2D eigenvalue weighted by molar-refractivity contribution is -0.143. The average molecular weight is 439 g/mol. The van der Waals surface area contributed by atoms with Crippen molar-refractivity contribution in [1.82, 2.24) is 9.80 Å². The molecule has 0 saturated carbocycles. The average Bonchev–Trinajstić information content (AvgIpc) is 2.82. The van der Waals surface area contributed by atoms with Gasteiger partial charge in [-0.15, -0.1) is 0 Å². The van der Waals surface area contributed by atoms with E-state index >= 15 is 0 Å². The third-order valence-corrected chi connectivity index (χ3v) is 5.87. The van der Waals surface area contributed by atoms with Crippen LogP contribution in [-0.4, -0.2) is 67.3 Å². The molecule has 0 aliphatic carbocycles. The Bertz CT molecular complexity index is 979. The van der Waals surface area contributed by atoms with Crippen molar-refractivity contribution < 1.29 is 23.9 Å². The van der Waals surface area contributed by atoms with Crippen LogP contribution in [-0.2, 0) is 15.0 Å². The summed E-state index contributed by atoms with van der Waals surface area (Å²) < 4.78 is 10.9. The number of benzene rings is 2. The first-order valence-corrected chi connectivity index (χ1v) is 10.7. The van der Waals surface area contributed by atoms with E-state index < -0.39 is 5.41 Å². The second-order valence-corrected chi connectivity index (χ2v) is 8.37. The quantitative estimate of drug-likeness (QED) is 0.622. The van der Waals surface area contributed by atoms with E-state index in [4.69, 9.17) is 9.47 Å². The fourth-order valence-electron chi connectivity index (χ4n) is 3.77. The van der Waals surface area contributed by atoms with E-state index in [1.807, 2.05) is 49.1 Å². The molecule has 0 radical (unpaired) electrons. The molecule has 7 nitrogen and oxygen atoms in total. The Morgan fingerprint density at radius 3 is 2.12 bits per heavy atom. The van der Waals surface area contributed by atoms with Gasteiger partial charge >= 0.3 is 0 Å². The zero-order valence-corrected chi connectivity index (χ0v) is 19.1. The van der Waals surface area contributed by atoms with Crippen molar-refractivity contribution >= 4 is 17.6 Å². The molecule has 7 heteroatoms. The number of ketones is 1. The summed E-state index contributed by atoms with van der Waals surface area (Å²) in [6.45, 7) is 7.08. The monoisotopic (exact) mass is 438 g/mol. The molecule has 32 heavy (non-hydrogen) atoms. The highest BCUT2D eigenvalue weighted by Gasteiger charge is 2.35. The van der Waals surface area contributed by atoms with Gasteiger partial charge in [-0.25, -0.2) is 0 Å². The first-order valence-electron chi connectivity index (χ1n) is 10.7. The smallest absolute Gasteiger partial charge is 0.260 e. The van der Waals surface area contributed by atoms with Gasteiger partial charge in [0.1, 0.15) is 0 Å². The van der Waals surface area contributed by atoms with Gasteiger partial charge in [0, 0.05) is 31.7 Å². The highest BCUT2D eigenvalue weighted by Crippen LogP contribution is 2.29. The first-order chi connectivity index (χ1) is 15.2. The van der Waals surface area contributed by atoms with Crippen molar-refractivity contribution in [2.45, 2.75) is 26.2 Å². The molecule has 2 aromatic carbocycles. The molecule has 0 N–H and O–H groups in total. The summed E-state index contributed by atoms with van der Waals surface area (Å²) in [5.41, 5.74) is 0.862. The molecule has 170 valence electrons. The molecule has 1 saturated heterocycles. The van der Waals surface area contributed by atoms with Gasteiger partial charge in [0.15, 0.2) is 23.9 Å². The first kappa shape index (κ1) is 23.3. The van der Waals surface area contributed by atoms with Crippen LogP contribution in [0, 0.1) is 0 Å². The third kappa shape index (κ3) is 5.10. The Morgan fingerprint density at radius 2 is 1.53 bits per heavy atom. The van der Waals surface area contributed by atoms with E-state index in [1.54, 1.807) is 23.1 Å². The fraction of sp³-hybridized carbons (Fsp3) is 0.400. The number of piperazine rings is 1. The summed E-state index contributed by atoms with van der Waals surface area (Å²) >= 11 is 0. The Hall–Kier alpha value is -3.35. The van der Waals surface area contributed by atoms with Crippen molar-refractivity contribution in [2.24, 2.45) is 0 Å². The van der Waals surface area contributed by atoms with E-state index in [0.717, 1.165) is 5.56 Å². The van der Waals surface area contributed by atoms with Gasteiger partial charge in [-0.05, 0) is 44.5 Å². The SMILES string of the molecule is COc1cc(C(C)=O)ccc1OCC(=O)N1CCN(C(=O)C(C)(C)c2ccccc2)CC1. The van der Waals surface area contributed by atoms with Gasteiger partial charge in [0.2, 0.25) is 5.91 Å². The Labute approximate surface area is 188 Å². The number of ether oxygens (including phenoxy) is 2. The van der Waals surface area contributed by atoms with E-state index in [0.29, 0.717) is 43.2 Å². The van der Waals surface area contributed by atoms with Gasteiger partial charge in [0.05, 0.1) is 12.5 Å². The van der Waals surface area contributed by atoms with Crippen molar-refractivity contribution in [3.63, 3.8) is 0 Å². The maximum atomic E-state index is 13.1. The Balaban J connectivity index is 1.55. The summed E-state index contributed by atoms with van der Waals surface area (Å²) in [5.74, 6) is 0.640. The second-order valence-electron chi connectivity index (χ2n) is 8.37. The van der Waals surface area contributed by atoms with Gasteiger partial charge in [-0.3, -0.25) is 14.4 Å². The Kier molecular flexibility index (Phi) is 7.18. The van der Waals surface area contributed by atoms with Gasteiger partial charge in [-0.1, -0.05) is 30.3 Å². The molecule has 1 heterocycles. The lowest BCUT2D eigenvalue weighted by atomic mass is 9.83. The van der Waals surface area contributed by atoms with E-state index in [-0.39, 0.29) is 24.2 Å². The summed E-state index contributed by atoms with van der Waals surface area (Å²) in [7, 11) is 1.49. The maximum absolute atomic E-state index is 13.1. The van der Waals surface area contributed by atoms with Crippen LogP contribution in [0.3, 0.4) is 0 Å². The number of hydrogen-bond donors (Lipinski definition) is 0. The van der Waals surface area contributed by atoms with Crippen molar-refractivity contribution in [3.05, 3.63) is 59.7 Å². The molecular weight excluding hydrogens is 408 g/mol. The number of rotatable bonds is 7. The number of carbonyl (C=O) groups is 3. The number of amides is 2. The summed E-state index contributed by atoms with van der Waals surface area (Å²) in [5, 5.41) is 0. The number of Topliss-reactive ketones (excluding diaryl/α,β-unsaturated/α-hetero) is 1. The molecule has 2 amide bonds. The van der Waals surface area contributed by atoms with E-state index in [1.165, 1.54) is 14.0 Å². The van der Waals surface area contributed by atoms with Gasteiger partial charge < -0.3 is 19.3 Å². The molecule has 1 fully saturated rings. The molecule has 1 aliphatic heterocycles. The number of carbonyl (C=O) groups excluding carboxylic acids is 3. The van der Waals surface area contributed by atoms with E-state index in [9.17, 15) is 14.4 Å². The van der Waals surface area contributed by atoms with Crippen LogP contribution >= 0.6 is 0 Å². The van der Waals surface area contributed by atoms with Crippen LogP contribution in [0.2, 0.25) is 0 Å². The zero-order chi connectivity index (χ0) is 23.3. The summed E-state index contributed by atoms with van der Waals surface area (Å²) in [6.07, 6.45) is 0. The minimum absolute atomic E-state index is 0.0577. The molecule has 3 rings (SSSR count). The molecule has 0 atom stereocenters. The molecule has 0 spiro atoms. The van der Waals surface area contributed by atoms with Crippen molar-refractivity contribution in [1.29, 1.82) is 0 Å². The predicted molar refractivity (Wildman–Crippen MR) is 121 cm³/mol. The summed E-state index contributed by atoms with van der Waals surface area (Å²) in [4.78, 5) is 40.8. The number of hydrogen-bond acceptors (Lipinski definition) is 5. The fourth-order valence-corrected chi connectivity index (χ4v) is 3.77. The topological polar surface area (TPSA) is 76.2 Å². The molecule has 2 aromatic rings. The van der Waals surface area contributed by atoms with E-state index in [2.05, 4.69) is 0 Å². The minimum atomic E-state index is -0.626.